The Labute approximate surface area is 224 Å². The van der Waals surface area contributed by atoms with Gasteiger partial charge < -0.3 is 19.7 Å². The maximum absolute atomic E-state index is 12.8. The minimum atomic E-state index is -4.41. The molecule has 1 aliphatic heterocycles. The molecule has 1 N–H and O–H groups in total. The van der Waals surface area contributed by atoms with Crippen molar-refractivity contribution in [1.29, 1.82) is 0 Å². The summed E-state index contributed by atoms with van der Waals surface area (Å²) in [6, 6.07) is 8.78. The third-order valence-corrected chi connectivity index (χ3v) is 7.22. The Morgan fingerprint density at radius 3 is 2.29 bits per heavy atom. The summed E-state index contributed by atoms with van der Waals surface area (Å²) < 4.78 is 49.8. The molecule has 38 heavy (non-hydrogen) atoms. The summed E-state index contributed by atoms with van der Waals surface area (Å²) in [5, 5.41) is 3.34. The van der Waals surface area contributed by atoms with Crippen LogP contribution in [0.15, 0.2) is 36.4 Å². The van der Waals surface area contributed by atoms with Gasteiger partial charge in [0.05, 0.1) is 18.8 Å². The molecule has 3 rings (SSSR count). The van der Waals surface area contributed by atoms with E-state index < -0.39 is 11.7 Å². The monoisotopic (exact) mass is 535 g/mol. The van der Waals surface area contributed by atoms with E-state index in [0.717, 1.165) is 56.2 Å². The van der Waals surface area contributed by atoms with E-state index in [4.69, 9.17) is 9.47 Å². The number of ether oxygens (including phenoxy) is 2. The highest BCUT2D eigenvalue weighted by Gasteiger charge is 2.31. The number of carbonyl (C=O) groups excluding carboxylic acids is 1. The summed E-state index contributed by atoms with van der Waals surface area (Å²) in [6.07, 6.45) is -3.50. The van der Waals surface area contributed by atoms with Crippen molar-refractivity contribution in [2.75, 3.05) is 59.1 Å². The molecule has 1 amide bonds. The Kier molecular flexibility index (Phi) is 11.0. The van der Waals surface area contributed by atoms with Crippen LogP contribution in [-0.2, 0) is 10.9 Å². The second-order valence-electron chi connectivity index (χ2n) is 9.63. The van der Waals surface area contributed by atoms with E-state index in [9.17, 15) is 18.0 Å². The Morgan fingerprint density at radius 1 is 0.974 bits per heavy atom. The summed E-state index contributed by atoms with van der Waals surface area (Å²) >= 11 is 0. The number of amides is 1. The fourth-order valence-electron chi connectivity index (χ4n) is 4.71. The van der Waals surface area contributed by atoms with Gasteiger partial charge in [0.2, 0.25) is 0 Å². The Bertz CT molecular complexity index is 1040. The van der Waals surface area contributed by atoms with E-state index in [1.54, 1.807) is 4.90 Å². The van der Waals surface area contributed by atoms with Gasteiger partial charge in [-0.1, -0.05) is 6.07 Å². The number of nitrogens with one attached hydrogen (secondary N) is 1. The van der Waals surface area contributed by atoms with Crippen LogP contribution in [0.2, 0.25) is 0 Å². The van der Waals surface area contributed by atoms with Crippen molar-refractivity contribution in [3.05, 3.63) is 64.2 Å². The molecule has 6 nitrogen and oxygen atoms in total. The predicted octanol–water partition coefficient (Wildman–Crippen LogP) is 5.24. The number of nitrogens with zero attached hydrogens (tertiary/aromatic N) is 2. The minimum absolute atomic E-state index is 0.167. The highest BCUT2D eigenvalue weighted by Crippen LogP contribution is 2.32. The first-order chi connectivity index (χ1) is 18.1. The summed E-state index contributed by atoms with van der Waals surface area (Å²) in [5.74, 6) is 0.670. The van der Waals surface area contributed by atoms with Gasteiger partial charge in [-0.3, -0.25) is 9.69 Å². The molecule has 1 aliphatic rings. The first-order valence-corrected chi connectivity index (χ1v) is 13.4. The maximum Gasteiger partial charge on any atom is 0.416 e. The van der Waals surface area contributed by atoms with Crippen LogP contribution < -0.4 is 10.1 Å². The lowest BCUT2D eigenvalue weighted by Gasteiger charge is -2.39. The van der Waals surface area contributed by atoms with Gasteiger partial charge in [0, 0.05) is 50.9 Å². The van der Waals surface area contributed by atoms with Gasteiger partial charge in [0.15, 0.2) is 0 Å². The lowest BCUT2D eigenvalue weighted by atomic mass is 9.96. The quantitative estimate of drug-likeness (QED) is 0.377. The zero-order chi connectivity index (χ0) is 27.7. The molecular weight excluding hydrogens is 495 g/mol. The van der Waals surface area contributed by atoms with Crippen molar-refractivity contribution in [3.8, 4) is 5.75 Å². The summed E-state index contributed by atoms with van der Waals surface area (Å²) in [6.45, 7) is 14.6. The van der Waals surface area contributed by atoms with Gasteiger partial charge in [-0.25, -0.2) is 0 Å². The molecule has 210 valence electrons. The maximum atomic E-state index is 12.8. The van der Waals surface area contributed by atoms with Crippen molar-refractivity contribution < 1.29 is 27.4 Å². The third kappa shape index (κ3) is 7.94. The number of rotatable bonds is 12. The highest BCUT2D eigenvalue weighted by atomic mass is 19.4. The molecule has 1 atom stereocenters. The van der Waals surface area contributed by atoms with E-state index in [2.05, 4.69) is 37.1 Å². The molecule has 0 saturated carbocycles. The van der Waals surface area contributed by atoms with E-state index in [-0.39, 0.29) is 17.5 Å². The van der Waals surface area contributed by atoms with Gasteiger partial charge in [0.25, 0.3) is 5.91 Å². The second-order valence-corrected chi connectivity index (χ2v) is 9.63. The Balaban J connectivity index is 1.50. The summed E-state index contributed by atoms with van der Waals surface area (Å²) in [7, 11) is 0. The lowest BCUT2D eigenvalue weighted by molar-refractivity contribution is -0.137. The number of carbonyl (C=O) groups is 1. The topological polar surface area (TPSA) is 54.0 Å². The molecule has 0 bridgehead atoms. The Hall–Kier alpha value is -2.62. The number of hydrogen-bond donors (Lipinski definition) is 1. The van der Waals surface area contributed by atoms with Crippen LogP contribution >= 0.6 is 0 Å². The fraction of sp³-hybridized carbons (Fsp3) is 0.552. The number of hydrogen-bond acceptors (Lipinski definition) is 5. The van der Waals surface area contributed by atoms with E-state index >= 15 is 0 Å². The molecule has 9 heteroatoms. The molecule has 1 unspecified atom stereocenters. The molecule has 2 aromatic rings. The van der Waals surface area contributed by atoms with Crippen LogP contribution in [-0.4, -0.2) is 74.8 Å². The predicted molar refractivity (Wildman–Crippen MR) is 143 cm³/mol. The molecule has 0 radical (unpaired) electrons. The average molecular weight is 536 g/mol. The zero-order valence-corrected chi connectivity index (χ0v) is 22.9. The van der Waals surface area contributed by atoms with Crippen LogP contribution in [0.1, 0.15) is 58.9 Å². The SMILES string of the molecule is CCOCCNCCCOc1ccc(C(C)N2CCN(C(=O)c3ccc(C(F)(F)F)cc3)CC2)c(C)c1C. The number of halogens is 3. The fourth-order valence-corrected chi connectivity index (χ4v) is 4.71. The van der Waals surface area contributed by atoms with Crippen molar-refractivity contribution in [2.24, 2.45) is 0 Å². The van der Waals surface area contributed by atoms with E-state index in [0.29, 0.717) is 32.8 Å². The van der Waals surface area contributed by atoms with Gasteiger partial charge in [-0.2, -0.15) is 13.2 Å². The standard InChI is InChI=1S/C29H40F3N3O3/c1-5-37-20-14-33-13-6-19-38-27-12-11-26(21(2)22(27)3)23(4)34-15-17-35(18-16-34)28(36)24-7-9-25(10-8-24)29(30,31)32/h7-12,23,33H,5-6,13-20H2,1-4H3. The minimum Gasteiger partial charge on any atom is -0.493 e. The summed E-state index contributed by atoms with van der Waals surface area (Å²) in [4.78, 5) is 16.9. The van der Waals surface area contributed by atoms with Crippen LogP contribution in [0.3, 0.4) is 0 Å². The van der Waals surface area contributed by atoms with Crippen LogP contribution in [0.25, 0.3) is 0 Å². The smallest absolute Gasteiger partial charge is 0.416 e. The lowest BCUT2D eigenvalue weighted by Crippen LogP contribution is -2.49. The molecular formula is C29H40F3N3O3. The largest absolute Gasteiger partial charge is 0.493 e. The molecule has 1 fully saturated rings. The number of piperazine rings is 1. The van der Waals surface area contributed by atoms with Gasteiger partial charge in [-0.15, -0.1) is 0 Å². The van der Waals surface area contributed by atoms with Crippen LogP contribution in [0.5, 0.6) is 5.75 Å². The van der Waals surface area contributed by atoms with Crippen molar-refractivity contribution in [2.45, 2.75) is 46.3 Å². The molecule has 0 spiro atoms. The van der Waals surface area contributed by atoms with Gasteiger partial charge >= 0.3 is 6.18 Å². The Morgan fingerprint density at radius 2 is 1.66 bits per heavy atom. The normalized spacial score (nSPS) is 15.5. The first-order valence-electron chi connectivity index (χ1n) is 13.4. The molecule has 1 saturated heterocycles. The summed E-state index contributed by atoms with van der Waals surface area (Å²) in [5.41, 5.74) is 3.10. The van der Waals surface area contributed by atoms with Crippen LogP contribution in [0.4, 0.5) is 13.2 Å². The highest BCUT2D eigenvalue weighted by molar-refractivity contribution is 5.94. The first kappa shape index (κ1) is 29.9. The van der Waals surface area contributed by atoms with Crippen molar-refractivity contribution >= 4 is 5.91 Å². The molecule has 0 aliphatic carbocycles. The second kappa shape index (κ2) is 14.0. The van der Waals surface area contributed by atoms with E-state index in [1.165, 1.54) is 23.3 Å². The van der Waals surface area contributed by atoms with E-state index in [1.807, 2.05) is 13.0 Å². The molecule has 2 aromatic carbocycles. The van der Waals surface area contributed by atoms with Crippen molar-refractivity contribution in [3.63, 3.8) is 0 Å². The third-order valence-electron chi connectivity index (χ3n) is 7.22. The van der Waals surface area contributed by atoms with Crippen LogP contribution in [0, 0.1) is 13.8 Å². The zero-order valence-electron chi connectivity index (χ0n) is 22.9. The van der Waals surface area contributed by atoms with Gasteiger partial charge in [-0.05, 0) is 87.7 Å². The van der Waals surface area contributed by atoms with Crippen molar-refractivity contribution in [1.82, 2.24) is 15.1 Å². The number of benzene rings is 2. The average Bonchev–Trinajstić information content (AvgIpc) is 2.91. The molecule has 1 heterocycles. The molecule has 0 aromatic heterocycles. The number of alkyl halides is 3. The van der Waals surface area contributed by atoms with Gasteiger partial charge in [0.1, 0.15) is 5.75 Å².